The lowest BCUT2D eigenvalue weighted by molar-refractivity contribution is 0.0936. The van der Waals surface area contributed by atoms with Gasteiger partial charge < -0.3 is 15.6 Å². The average Bonchev–Trinajstić information content (AvgIpc) is 3.15. The number of hydrogen-bond acceptors (Lipinski definition) is 2. The first-order valence-corrected chi connectivity index (χ1v) is 7.33. The molecule has 1 amide bonds. The van der Waals surface area contributed by atoms with Crippen LogP contribution in [-0.2, 0) is 0 Å². The summed E-state index contributed by atoms with van der Waals surface area (Å²) in [6.45, 7) is 1.83. The van der Waals surface area contributed by atoms with Crippen LogP contribution in [0.3, 0.4) is 0 Å². The molecule has 1 fully saturated rings. The van der Waals surface area contributed by atoms with Crippen molar-refractivity contribution in [3.63, 3.8) is 0 Å². The Bertz CT molecular complexity index is 815. The van der Waals surface area contributed by atoms with Crippen LogP contribution in [0.2, 0.25) is 0 Å². The van der Waals surface area contributed by atoms with Gasteiger partial charge in [0.15, 0.2) is 0 Å². The molecule has 4 rings (SSSR count). The van der Waals surface area contributed by atoms with Gasteiger partial charge in [0.2, 0.25) is 0 Å². The largest absolute Gasteiger partial charge is 0.351 e. The van der Waals surface area contributed by atoms with Crippen LogP contribution in [-0.4, -0.2) is 30.0 Å². The van der Waals surface area contributed by atoms with Crippen LogP contribution in [0.4, 0.5) is 0 Å². The maximum absolute atomic E-state index is 12.3. The number of aromatic nitrogens is 1. The van der Waals surface area contributed by atoms with Gasteiger partial charge >= 0.3 is 0 Å². The molecule has 1 saturated heterocycles. The molecule has 21 heavy (non-hydrogen) atoms. The van der Waals surface area contributed by atoms with Gasteiger partial charge in [0.25, 0.3) is 5.91 Å². The van der Waals surface area contributed by atoms with Gasteiger partial charge in [0.05, 0.1) is 0 Å². The fraction of sp³-hybridized carbons (Fsp3) is 0.235. The van der Waals surface area contributed by atoms with Crippen molar-refractivity contribution in [3.8, 4) is 0 Å². The van der Waals surface area contributed by atoms with E-state index in [-0.39, 0.29) is 11.9 Å². The Hall–Kier alpha value is -2.33. The van der Waals surface area contributed by atoms with Gasteiger partial charge in [-0.05, 0) is 35.9 Å². The molecule has 0 unspecified atom stereocenters. The molecule has 2 aromatic carbocycles. The van der Waals surface area contributed by atoms with Crippen LogP contribution >= 0.6 is 0 Å². The minimum atomic E-state index is -0.0241. The van der Waals surface area contributed by atoms with E-state index in [9.17, 15) is 4.79 Å². The zero-order valence-corrected chi connectivity index (χ0v) is 11.6. The topological polar surface area (TPSA) is 56.9 Å². The van der Waals surface area contributed by atoms with Crippen molar-refractivity contribution < 1.29 is 4.79 Å². The van der Waals surface area contributed by atoms with E-state index in [0.29, 0.717) is 5.69 Å². The summed E-state index contributed by atoms with van der Waals surface area (Å²) in [7, 11) is 0. The highest BCUT2D eigenvalue weighted by Gasteiger charge is 2.18. The molecule has 4 heteroatoms. The molecule has 0 radical (unpaired) electrons. The molecule has 1 atom stereocenters. The summed E-state index contributed by atoms with van der Waals surface area (Å²) in [4.78, 5) is 15.6. The summed E-state index contributed by atoms with van der Waals surface area (Å²) in [6.07, 6.45) is 0.995. The minimum Gasteiger partial charge on any atom is -0.351 e. The van der Waals surface area contributed by atoms with Crippen LogP contribution in [0, 0.1) is 0 Å². The quantitative estimate of drug-likeness (QED) is 0.674. The van der Waals surface area contributed by atoms with Crippen molar-refractivity contribution in [2.45, 2.75) is 12.5 Å². The van der Waals surface area contributed by atoms with Crippen LogP contribution in [0.1, 0.15) is 16.9 Å². The van der Waals surface area contributed by atoms with Crippen molar-refractivity contribution >= 4 is 27.6 Å². The Morgan fingerprint density at radius 2 is 2.05 bits per heavy atom. The highest BCUT2D eigenvalue weighted by molar-refractivity contribution is 6.09. The Kier molecular flexibility index (Phi) is 2.89. The lowest BCUT2D eigenvalue weighted by atomic mass is 10.1. The zero-order chi connectivity index (χ0) is 14.2. The highest BCUT2D eigenvalue weighted by atomic mass is 16.1. The number of nitrogens with one attached hydrogen (secondary N) is 3. The van der Waals surface area contributed by atoms with Gasteiger partial charge in [-0.25, -0.2) is 0 Å². The molecule has 4 nitrogen and oxygen atoms in total. The van der Waals surface area contributed by atoms with Crippen molar-refractivity contribution in [1.29, 1.82) is 0 Å². The van der Waals surface area contributed by atoms with Crippen LogP contribution in [0.15, 0.2) is 42.5 Å². The van der Waals surface area contributed by atoms with Crippen molar-refractivity contribution in [1.82, 2.24) is 15.6 Å². The van der Waals surface area contributed by atoms with Crippen LogP contribution < -0.4 is 10.6 Å². The second-order valence-electron chi connectivity index (χ2n) is 5.59. The molecule has 1 aliphatic rings. The van der Waals surface area contributed by atoms with Crippen LogP contribution in [0.25, 0.3) is 21.7 Å². The molecule has 1 aliphatic heterocycles. The van der Waals surface area contributed by atoms with Gasteiger partial charge in [-0.3, -0.25) is 4.79 Å². The van der Waals surface area contributed by atoms with E-state index in [1.165, 1.54) is 10.8 Å². The Balaban J connectivity index is 1.72. The van der Waals surface area contributed by atoms with Crippen molar-refractivity contribution in [2.24, 2.45) is 0 Å². The fourth-order valence-corrected chi connectivity index (χ4v) is 3.05. The lowest BCUT2D eigenvalue weighted by Gasteiger charge is -2.09. The lowest BCUT2D eigenvalue weighted by Crippen LogP contribution is -2.36. The predicted molar refractivity (Wildman–Crippen MR) is 84.5 cm³/mol. The SMILES string of the molecule is O=C(N[C@@H]1CCNC1)c1cc2c(ccc3ccccc32)[nH]1. The summed E-state index contributed by atoms with van der Waals surface area (Å²) >= 11 is 0. The number of benzene rings is 2. The van der Waals surface area contributed by atoms with Gasteiger partial charge in [0.1, 0.15) is 5.69 Å². The molecule has 106 valence electrons. The predicted octanol–water partition coefficient (Wildman–Crippen LogP) is 2.41. The maximum Gasteiger partial charge on any atom is 0.267 e. The molecule has 3 N–H and O–H groups in total. The standard InChI is InChI=1S/C17H17N3O/c21-17(19-12-7-8-18-10-12)16-9-14-13-4-2-1-3-11(13)5-6-15(14)20-16/h1-6,9,12,18,20H,7-8,10H2,(H,19,21)/t12-/m1/s1. The van der Waals surface area contributed by atoms with E-state index in [4.69, 9.17) is 0 Å². The maximum atomic E-state index is 12.3. The number of hydrogen-bond donors (Lipinski definition) is 3. The summed E-state index contributed by atoms with van der Waals surface area (Å²) in [5.41, 5.74) is 1.64. The number of carbonyl (C=O) groups is 1. The number of carbonyl (C=O) groups excluding carboxylic acids is 1. The molecular weight excluding hydrogens is 262 g/mol. The summed E-state index contributed by atoms with van der Waals surface area (Å²) in [6, 6.07) is 14.5. The third-order valence-electron chi connectivity index (χ3n) is 4.17. The van der Waals surface area contributed by atoms with E-state index in [0.717, 1.165) is 30.4 Å². The van der Waals surface area contributed by atoms with Gasteiger partial charge in [-0.15, -0.1) is 0 Å². The van der Waals surface area contributed by atoms with Crippen molar-refractivity contribution in [3.05, 3.63) is 48.2 Å². The number of H-pyrrole nitrogens is 1. The highest BCUT2D eigenvalue weighted by Crippen LogP contribution is 2.25. The number of aromatic amines is 1. The first-order chi connectivity index (χ1) is 10.3. The molecule has 0 bridgehead atoms. The van der Waals surface area contributed by atoms with E-state index in [1.807, 2.05) is 24.3 Å². The summed E-state index contributed by atoms with van der Waals surface area (Å²) < 4.78 is 0. The molecule has 0 aliphatic carbocycles. The normalized spacial score (nSPS) is 18.4. The molecular formula is C17H17N3O. The molecule has 0 saturated carbocycles. The van der Waals surface area contributed by atoms with E-state index < -0.39 is 0 Å². The second-order valence-corrected chi connectivity index (χ2v) is 5.59. The smallest absolute Gasteiger partial charge is 0.267 e. The number of fused-ring (bicyclic) bond motifs is 3. The average molecular weight is 279 g/mol. The molecule has 3 aromatic rings. The first kappa shape index (κ1) is 12.4. The van der Waals surface area contributed by atoms with E-state index in [1.54, 1.807) is 0 Å². The zero-order valence-electron chi connectivity index (χ0n) is 11.6. The van der Waals surface area contributed by atoms with Crippen molar-refractivity contribution in [2.75, 3.05) is 13.1 Å². The number of rotatable bonds is 2. The third kappa shape index (κ3) is 2.17. The fourth-order valence-electron chi connectivity index (χ4n) is 3.05. The molecule has 0 spiro atoms. The van der Waals surface area contributed by atoms with Gasteiger partial charge in [0, 0.05) is 23.5 Å². The van der Waals surface area contributed by atoms with E-state index in [2.05, 4.69) is 33.8 Å². The van der Waals surface area contributed by atoms with Gasteiger partial charge in [-0.1, -0.05) is 30.3 Å². The molecule has 1 aromatic heterocycles. The summed E-state index contributed by atoms with van der Waals surface area (Å²) in [5, 5.41) is 9.79. The van der Waals surface area contributed by atoms with Crippen LogP contribution in [0.5, 0.6) is 0 Å². The molecule has 2 heterocycles. The minimum absolute atomic E-state index is 0.0241. The third-order valence-corrected chi connectivity index (χ3v) is 4.17. The number of amides is 1. The summed E-state index contributed by atoms with van der Waals surface area (Å²) in [5.74, 6) is -0.0241. The second kappa shape index (κ2) is 4.90. The Morgan fingerprint density at radius 1 is 1.14 bits per heavy atom. The Labute approximate surface area is 122 Å². The monoisotopic (exact) mass is 279 g/mol. The van der Waals surface area contributed by atoms with E-state index >= 15 is 0 Å². The van der Waals surface area contributed by atoms with Gasteiger partial charge in [-0.2, -0.15) is 0 Å². The Morgan fingerprint density at radius 3 is 2.90 bits per heavy atom. The first-order valence-electron chi connectivity index (χ1n) is 7.33.